The highest BCUT2D eigenvalue weighted by Gasteiger charge is 2.23. The van der Waals surface area contributed by atoms with Crippen LogP contribution in [0.4, 0.5) is 5.69 Å². The molecule has 0 aromatic heterocycles. The highest BCUT2D eigenvalue weighted by atomic mass is 32.2. The minimum Gasteiger partial charge on any atom is -0.394 e. The second-order valence-electron chi connectivity index (χ2n) is 4.55. The number of nitro groups is 1. The van der Waals surface area contributed by atoms with Gasteiger partial charge in [0.25, 0.3) is 5.69 Å². The topological polar surface area (TPSA) is 92.9 Å². The van der Waals surface area contributed by atoms with Crippen molar-refractivity contribution >= 4 is 23.4 Å². The number of benzene rings is 1. The van der Waals surface area contributed by atoms with E-state index in [1.807, 2.05) is 0 Å². The van der Waals surface area contributed by atoms with Crippen molar-refractivity contribution in [3.05, 3.63) is 34.4 Å². The number of ether oxygens (including phenoxy) is 1. The number of carbonyl (C=O) groups excluding carboxylic acids is 1. The zero-order valence-electron chi connectivity index (χ0n) is 11.3. The molecule has 1 saturated heterocycles. The van der Waals surface area contributed by atoms with Gasteiger partial charge in [-0.1, -0.05) is 0 Å². The van der Waals surface area contributed by atoms with E-state index in [-0.39, 0.29) is 30.1 Å². The summed E-state index contributed by atoms with van der Waals surface area (Å²) in [6.07, 6.45) is -0.313. The zero-order chi connectivity index (χ0) is 15.2. The Labute approximate surface area is 126 Å². The molecule has 1 N–H and O–H groups in total. The second kappa shape index (κ2) is 7.39. The first-order valence-electron chi connectivity index (χ1n) is 6.47. The molecule has 0 spiro atoms. The molecule has 114 valence electrons. The molecule has 1 fully saturated rings. The fraction of sp³-hybridized carbons (Fsp3) is 0.462. The van der Waals surface area contributed by atoms with Crippen molar-refractivity contribution in [1.82, 2.24) is 4.90 Å². The predicted molar refractivity (Wildman–Crippen MR) is 77.2 cm³/mol. The number of non-ortho nitro benzene ring substituents is 1. The molecule has 1 heterocycles. The second-order valence-corrected chi connectivity index (χ2v) is 5.60. The number of nitrogens with zero attached hydrogens (tertiary/aromatic N) is 2. The zero-order valence-corrected chi connectivity index (χ0v) is 12.1. The summed E-state index contributed by atoms with van der Waals surface area (Å²) in [4.78, 5) is 24.6. The van der Waals surface area contributed by atoms with Crippen molar-refractivity contribution in [2.75, 3.05) is 32.1 Å². The number of aliphatic hydroxyl groups excluding tert-OH is 1. The molecular weight excluding hydrogens is 296 g/mol. The number of thioether (sulfide) groups is 1. The van der Waals surface area contributed by atoms with Gasteiger partial charge in [-0.05, 0) is 12.1 Å². The minimum absolute atomic E-state index is 0.0277. The number of hydrogen-bond acceptors (Lipinski definition) is 6. The Morgan fingerprint density at radius 2 is 2.19 bits per heavy atom. The summed E-state index contributed by atoms with van der Waals surface area (Å²) < 4.78 is 5.29. The number of hydrogen-bond donors (Lipinski definition) is 1. The molecule has 1 aliphatic heterocycles. The van der Waals surface area contributed by atoms with Crippen LogP contribution in [0.3, 0.4) is 0 Å². The van der Waals surface area contributed by atoms with E-state index in [0.717, 1.165) is 4.90 Å². The fourth-order valence-corrected chi connectivity index (χ4v) is 2.76. The largest absolute Gasteiger partial charge is 0.394 e. The lowest BCUT2D eigenvalue weighted by atomic mass is 10.3. The Balaban J connectivity index is 1.84. The smallest absolute Gasteiger partial charge is 0.269 e. The van der Waals surface area contributed by atoms with E-state index >= 15 is 0 Å². The fourth-order valence-electron chi connectivity index (χ4n) is 1.96. The van der Waals surface area contributed by atoms with Crippen molar-refractivity contribution in [2.24, 2.45) is 0 Å². The summed E-state index contributed by atoms with van der Waals surface area (Å²) in [5, 5.41) is 19.6. The molecule has 1 amide bonds. The molecule has 0 saturated carbocycles. The Kier molecular flexibility index (Phi) is 5.54. The first kappa shape index (κ1) is 15.7. The van der Waals surface area contributed by atoms with Crippen LogP contribution in [0.15, 0.2) is 29.2 Å². The van der Waals surface area contributed by atoms with Crippen LogP contribution in [0.1, 0.15) is 0 Å². The average Bonchev–Trinajstić information content (AvgIpc) is 2.53. The third kappa shape index (κ3) is 4.42. The molecule has 0 bridgehead atoms. The minimum atomic E-state index is -0.456. The summed E-state index contributed by atoms with van der Waals surface area (Å²) in [6, 6.07) is 6.10. The molecule has 1 aromatic rings. The Hall–Kier alpha value is -1.64. The van der Waals surface area contributed by atoms with Gasteiger partial charge in [-0.15, -0.1) is 11.8 Å². The first-order valence-corrected chi connectivity index (χ1v) is 7.46. The van der Waals surface area contributed by atoms with Gasteiger partial charge in [0.15, 0.2) is 0 Å². The maximum Gasteiger partial charge on any atom is 0.269 e. The SMILES string of the molecule is O=C(CSc1ccc([N+](=O)[O-])cc1)N1CCOC(CO)C1. The maximum atomic E-state index is 12.1. The summed E-state index contributed by atoms with van der Waals surface area (Å²) in [5.41, 5.74) is 0.0321. The third-order valence-corrected chi connectivity index (χ3v) is 4.10. The van der Waals surface area contributed by atoms with E-state index < -0.39 is 4.92 Å². The van der Waals surface area contributed by atoms with Crippen LogP contribution in [-0.4, -0.2) is 59.0 Å². The van der Waals surface area contributed by atoms with Crippen LogP contribution in [0.2, 0.25) is 0 Å². The lowest BCUT2D eigenvalue weighted by Gasteiger charge is -2.32. The molecule has 1 atom stereocenters. The van der Waals surface area contributed by atoms with E-state index in [1.165, 1.54) is 23.9 Å². The summed E-state index contributed by atoms with van der Waals surface area (Å²) in [5.74, 6) is 0.232. The van der Waals surface area contributed by atoms with E-state index in [1.54, 1.807) is 17.0 Å². The molecule has 7 nitrogen and oxygen atoms in total. The standard InChI is InChI=1S/C13H16N2O5S/c16-8-11-7-14(5-6-20-11)13(17)9-21-12-3-1-10(2-4-12)15(18)19/h1-4,11,16H,5-9H2. The van der Waals surface area contributed by atoms with Gasteiger partial charge in [0, 0.05) is 30.1 Å². The number of carbonyl (C=O) groups is 1. The van der Waals surface area contributed by atoms with Crippen LogP contribution in [0.5, 0.6) is 0 Å². The Morgan fingerprint density at radius 1 is 1.48 bits per heavy atom. The van der Waals surface area contributed by atoms with Gasteiger partial charge in [-0.25, -0.2) is 0 Å². The predicted octanol–water partition coefficient (Wildman–Crippen LogP) is 0.907. The molecule has 1 unspecified atom stereocenters. The van der Waals surface area contributed by atoms with Gasteiger partial charge in [-0.3, -0.25) is 14.9 Å². The molecular formula is C13H16N2O5S. The summed E-state index contributed by atoms with van der Waals surface area (Å²) in [7, 11) is 0. The first-order chi connectivity index (χ1) is 10.1. The van der Waals surface area contributed by atoms with E-state index in [2.05, 4.69) is 0 Å². The number of amides is 1. The monoisotopic (exact) mass is 312 g/mol. The molecule has 1 aromatic carbocycles. The lowest BCUT2D eigenvalue weighted by molar-refractivity contribution is -0.384. The van der Waals surface area contributed by atoms with Gasteiger partial charge in [0.05, 0.1) is 30.0 Å². The van der Waals surface area contributed by atoms with Crippen molar-refractivity contribution in [2.45, 2.75) is 11.0 Å². The van der Waals surface area contributed by atoms with Crippen molar-refractivity contribution in [1.29, 1.82) is 0 Å². The van der Waals surface area contributed by atoms with Gasteiger partial charge >= 0.3 is 0 Å². The lowest BCUT2D eigenvalue weighted by Crippen LogP contribution is -2.47. The number of nitro benzene ring substituents is 1. The van der Waals surface area contributed by atoms with Gasteiger partial charge in [0.2, 0.25) is 5.91 Å². The van der Waals surface area contributed by atoms with Gasteiger partial charge in [0.1, 0.15) is 0 Å². The molecule has 2 rings (SSSR count). The van der Waals surface area contributed by atoms with Gasteiger partial charge in [-0.2, -0.15) is 0 Å². The Bertz CT molecular complexity index is 508. The van der Waals surface area contributed by atoms with Gasteiger partial charge < -0.3 is 14.7 Å². The molecule has 1 aliphatic rings. The van der Waals surface area contributed by atoms with Crippen LogP contribution in [-0.2, 0) is 9.53 Å². The number of rotatable bonds is 5. The van der Waals surface area contributed by atoms with E-state index in [9.17, 15) is 14.9 Å². The highest BCUT2D eigenvalue weighted by molar-refractivity contribution is 8.00. The van der Waals surface area contributed by atoms with Crippen LogP contribution in [0, 0.1) is 10.1 Å². The normalized spacial score (nSPS) is 18.5. The van der Waals surface area contributed by atoms with Crippen molar-refractivity contribution in [3.63, 3.8) is 0 Å². The summed E-state index contributed by atoms with van der Waals surface area (Å²) >= 11 is 1.33. The number of aliphatic hydroxyl groups is 1. The maximum absolute atomic E-state index is 12.1. The van der Waals surface area contributed by atoms with Crippen LogP contribution in [0.25, 0.3) is 0 Å². The van der Waals surface area contributed by atoms with Crippen LogP contribution >= 0.6 is 11.8 Å². The quantitative estimate of drug-likeness (QED) is 0.493. The molecule has 8 heteroatoms. The van der Waals surface area contributed by atoms with Crippen LogP contribution < -0.4 is 0 Å². The highest BCUT2D eigenvalue weighted by Crippen LogP contribution is 2.22. The van der Waals surface area contributed by atoms with Crippen molar-refractivity contribution in [3.8, 4) is 0 Å². The molecule has 0 aliphatic carbocycles. The van der Waals surface area contributed by atoms with E-state index in [0.29, 0.717) is 19.7 Å². The molecule has 21 heavy (non-hydrogen) atoms. The average molecular weight is 312 g/mol. The van der Waals surface area contributed by atoms with Crippen molar-refractivity contribution < 1.29 is 19.6 Å². The third-order valence-electron chi connectivity index (χ3n) is 3.10. The number of morpholine rings is 1. The molecule has 0 radical (unpaired) electrons. The van der Waals surface area contributed by atoms with E-state index in [4.69, 9.17) is 9.84 Å². The summed E-state index contributed by atoms with van der Waals surface area (Å²) in [6.45, 7) is 1.25. The Morgan fingerprint density at radius 3 is 2.81 bits per heavy atom.